The van der Waals surface area contributed by atoms with Crippen molar-refractivity contribution in [2.45, 2.75) is 38.6 Å². The van der Waals surface area contributed by atoms with Crippen LogP contribution in [0.3, 0.4) is 0 Å². The lowest BCUT2D eigenvalue weighted by Gasteiger charge is -2.19. The number of carbonyl (C=O) groups is 2. The Labute approximate surface area is 71.7 Å². The van der Waals surface area contributed by atoms with Crippen LogP contribution in [0.5, 0.6) is 0 Å². The standard InChI is InChI=1S/C8H14N2O2/c1-3-4-5-8(2)6(11)9-7(12)10-8/h3-5H2,1-2H3,(H2,9,10,11,12)/t8-/m0/s1. The second-order valence-electron chi connectivity index (χ2n) is 3.34. The first-order valence-corrected chi connectivity index (χ1v) is 4.22. The molecule has 68 valence electrons. The lowest BCUT2D eigenvalue weighted by atomic mass is 9.95. The van der Waals surface area contributed by atoms with Crippen molar-refractivity contribution in [2.75, 3.05) is 0 Å². The first-order valence-electron chi connectivity index (χ1n) is 4.22. The quantitative estimate of drug-likeness (QED) is 0.615. The Bertz CT molecular complexity index is 215. The third-order valence-corrected chi connectivity index (χ3v) is 2.15. The van der Waals surface area contributed by atoms with Crippen LogP contribution in [0.15, 0.2) is 0 Å². The maximum Gasteiger partial charge on any atom is 0.322 e. The molecule has 1 rings (SSSR count). The van der Waals surface area contributed by atoms with Crippen molar-refractivity contribution >= 4 is 11.9 Å². The van der Waals surface area contributed by atoms with E-state index in [4.69, 9.17) is 0 Å². The Morgan fingerprint density at radius 1 is 1.42 bits per heavy atom. The third kappa shape index (κ3) is 1.57. The number of hydrogen-bond acceptors (Lipinski definition) is 2. The Hall–Kier alpha value is -1.06. The average molecular weight is 170 g/mol. The molecule has 0 saturated carbocycles. The number of imide groups is 1. The topological polar surface area (TPSA) is 58.2 Å². The molecule has 0 bridgehead atoms. The summed E-state index contributed by atoms with van der Waals surface area (Å²) < 4.78 is 0. The number of amides is 3. The first kappa shape index (κ1) is 9.03. The SMILES string of the molecule is CCCC[C@]1(C)NC(=O)NC1=O. The Balaban J connectivity index is 2.58. The minimum atomic E-state index is -0.674. The van der Waals surface area contributed by atoms with Gasteiger partial charge in [0.05, 0.1) is 0 Å². The largest absolute Gasteiger partial charge is 0.324 e. The normalized spacial score (nSPS) is 28.5. The second-order valence-corrected chi connectivity index (χ2v) is 3.34. The lowest BCUT2D eigenvalue weighted by molar-refractivity contribution is -0.123. The molecule has 3 amide bonds. The molecule has 1 saturated heterocycles. The van der Waals surface area contributed by atoms with E-state index < -0.39 is 5.54 Å². The van der Waals surface area contributed by atoms with Gasteiger partial charge in [0.2, 0.25) is 0 Å². The van der Waals surface area contributed by atoms with E-state index >= 15 is 0 Å². The van der Waals surface area contributed by atoms with E-state index in [-0.39, 0.29) is 11.9 Å². The van der Waals surface area contributed by atoms with Gasteiger partial charge in [0.1, 0.15) is 5.54 Å². The van der Waals surface area contributed by atoms with Gasteiger partial charge in [-0.15, -0.1) is 0 Å². The summed E-state index contributed by atoms with van der Waals surface area (Å²) in [5, 5.41) is 4.84. The van der Waals surface area contributed by atoms with Crippen LogP contribution in [0, 0.1) is 0 Å². The highest BCUT2D eigenvalue weighted by Crippen LogP contribution is 2.17. The highest BCUT2D eigenvalue weighted by Gasteiger charge is 2.40. The van der Waals surface area contributed by atoms with Gasteiger partial charge in [-0.2, -0.15) is 0 Å². The highest BCUT2D eigenvalue weighted by molar-refractivity contribution is 6.06. The predicted molar refractivity (Wildman–Crippen MR) is 44.6 cm³/mol. The summed E-state index contributed by atoms with van der Waals surface area (Å²) in [6.45, 7) is 3.81. The van der Waals surface area contributed by atoms with Crippen molar-refractivity contribution in [3.05, 3.63) is 0 Å². The Morgan fingerprint density at radius 2 is 2.08 bits per heavy atom. The number of hydrogen-bond donors (Lipinski definition) is 2. The minimum Gasteiger partial charge on any atom is -0.324 e. The van der Waals surface area contributed by atoms with Crippen molar-refractivity contribution in [3.8, 4) is 0 Å². The van der Waals surface area contributed by atoms with E-state index in [1.807, 2.05) is 0 Å². The maximum absolute atomic E-state index is 11.2. The zero-order valence-corrected chi connectivity index (χ0v) is 7.44. The van der Waals surface area contributed by atoms with Crippen molar-refractivity contribution in [1.29, 1.82) is 0 Å². The molecule has 0 aromatic rings. The number of unbranched alkanes of at least 4 members (excludes halogenated alkanes) is 1. The van der Waals surface area contributed by atoms with Crippen LogP contribution >= 0.6 is 0 Å². The zero-order chi connectivity index (χ0) is 9.19. The van der Waals surface area contributed by atoms with Gasteiger partial charge < -0.3 is 5.32 Å². The second kappa shape index (κ2) is 3.13. The number of rotatable bonds is 3. The van der Waals surface area contributed by atoms with E-state index in [0.717, 1.165) is 12.8 Å². The molecule has 0 aromatic heterocycles. The fraction of sp³-hybridized carbons (Fsp3) is 0.750. The molecule has 0 spiro atoms. The van der Waals surface area contributed by atoms with Gasteiger partial charge in [-0.25, -0.2) is 4.79 Å². The van der Waals surface area contributed by atoms with Crippen molar-refractivity contribution < 1.29 is 9.59 Å². The molecule has 4 nitrogen and oxygen atoms in total. The molecule has 0 radical (unpaired) electrons. The average Bonchev–Trinajstić information content (AvgIpc) is 2.23. The summed E-state index contributed by atoms with van der Waals surface area (Å²) in [5.41, 5.74) is -0.674. The molecule has 1 aliphatic heterocycles. The summed E-state index contributed by atoms with van der Waals surface area (Å²) in [6, 6.07) is -0.376. The lowest BCUT2D eigenvalue weighted by Crippen LogP contribution is -2.43. The van der Waals surface area contributed by atoms with Crippen LogP contribution < -0.4 is 10.6 Å². The third-order valence-electron chi connectivity index (χ3n) is 2.15. The van der Waals surface area contributed by atoms with Gasteiger partial charge in [-0.05, 0) is 13.3 Å². The van der Waals surface area contributed by atoms with Gasteiger partial charge >= 0.3 is 6.03 Å². The fourth-order valence-corrected chi connectivity index (χ4v) is 1.29. The molecule has 4 heteroatoms. The maximum atomic E-state index is 11.2. The van der Waals surface area contributed by atoms with E-state index in [2.05, 4.69) is 17.6 Å². The van der Waals surface area contributed by atoms with Gasteiger partial charge in [-0.1, -0.05) is 19.8 Å². The summed E-state index contributed by atoms with van der Waals surface area (Å²) in [7, 11) is 0. The van der Waals surface area contributed by atoms with Crippen LogP contribution in [0.1, 0.15) is 33.1 Å². The molecule has 12 heavy (non-hydrogen) atoms. The van der Waals surface area contributed by atoms with Crippen LogP contribution in [0.2, 0.25) is 0 Å². The van der Waals surface area contributed by atoms with Crippen LogP contribution in [0.4, 0.5) is 4.79 Å². The summed E-state index contributed by atoms with van der Waals surface area (Å²) in [6.07, 6.45) is 2.68. The fourth-order valence-electron chi connectivity index (χ4n) is 1.29. The van der Waals surface area contributed by atoms with E-state index in [9.17, 15) is 9.59 Å². The van der Waals surface area contributed by atoms with Crippen molar-refractivity contribution in [1.82, 2.24) is 10.6 Å². The minimum absolute atomic E-state index is 0.207. The molecule has 0 aliphatic carbocycles. The van der Waals surface area contributed by atoms with Gasteiger partial charge in [0.15, 0.2) is 0 Å². The molecule has 1 fully saturated rings. The molecule has 1 aliphatic rings. The van der Waals surface area contributed by atoms with E-state index in [1.54, 1.807) is 6.92 Å². The van der Waals surface area contributed by atoms with E-state index in [0.29, 0.717) is 6.42 Å². The van der Waals surface area contributed by atoms with Gasteiger partial charge in [0, 0.05) is 0 Å². The molecular formula is C8H14N2O2. The Morgan fingerprint density at radius 3 is 2.50 bits per heavy atom. The summed E-state index contributed by atoms with van der Waals surface area (Å²) in [5.74, 6) is -0.207. The molecule has 0 aromatic carbocycles. The summed E-state index contributed by atoms with van der Waals surface area (Å²) in [4.78, 5) is 22.0. The highest BCUT2D eigenvalue weighted by atomic mass is 16.2. The number of urea groups is 1. The number of carbonyl (C=O) groups excluding carboxylic acids is 2. The summed E-state index contributed by atoms with van der Waals surface area (Å²) >= 11 is 0. The monoisotopic (exact) mass is 170 g/mol. The molecule has 0 unspecified atom stereocenters. The van der Waals surface area contributed by atoms with Crippen molar-refractivity contribution in [3.63, 3.8) is 0 Å². The molecule has 2 N–H and O–H groups in total. The van der Waals surface area contributed by atoms with Gasteiger partial charge in [-0.3, -0.25) is 10.1 Å². The van der Waals surface area contributed by atoms with Crippen LogP contribution in [-0.4, -0.2) is 17.5 Å². The number of nitrogens with one attached hydrogen (secondary N) is 2. The Kier molecular flexibility index (Phi) is 2.35. The van der Waals surface area contributed by atoms with Crippen LogP contribution in [-0.2, 0) is 4.79 Å². The van der Waals surface area contributed by atoms with Crippen molar-refractivity contribution in [2.24, 2.45) is 0 Å². The van der Waals surface area contributed by atoms with Crippen LogP contribution in [0.25, 0.3) is 0 Å². The molecule has 1 heterocycles. The smallest absolute Gasteiger partial charge is 0.322 e. The molecule has 1 atom stereocenters. The zero-order valence-electron chi connectivity index (χ0n) is 7.44. The van der Waals surface area contributed by atoms with E-state index in [1.165, 1.54) is 0 Å². The first-order chi connectivity index (χ1) is 5.58. The molecular weight excluding hydrogens is 156 g/mol. The van der Waals surface area contributed by atoms with Gasteiger partial charge in [0.25, 0.3) is 5.91 Å². The predicted octanol–water partition coefficient (Wildman–Crippen LogP) is 0.775.